The van der Waals surface area contributed by atoms with Gasteiger partial charge >= 0.3 is 0 Å². The van der Waals surface area contributed by atoms with Crippen LogP contribution in [0.5, 0.6) is 5.75 Å². The van der Waals surface area contributed by atoms with Gasteiger partial charge in [-0.05, 0) is 50.6 Å². The van der Waals surface area contributed by atoms with E-state index in [1.54, 1.807) is 7.11 Å². The Balaban J connectivity index is 2.01. The van der Waals surface area contributed by atoms with Crippen molar-refractivity contribution in [2.24, 2.45) is 0 Å². The van der Waals surface area contributed by atoms with Crippen molar-refractivity contribution in [1.29, 1.82) is 0 Å². The Bertz CT molecular complexity index is 917. The van der Waals surface area contributed by atoms with E-state index in [9.17, 15) is 0 Å². The van der Waals surface area contributed by atoms with Gasteiger partial charge in [0.15, 0.2) is 5.71 Å². The van der Waals surface area contributed by atoms with Crippen LogP contribution in [0.4, 0.5) is 11.4 Å². The predicted molar refractivity (Wildman–Crippen MR) is 116 cm³/mol. The molecule has 27 heavy (non-hydrogen) atoms. The number of methoxy groups -OCH3 is 1. The number of nitrogens with zero attached hydrogens (tertiary/aromatic N) is 1. The molecule has 2 aromatic rings. The quantitative estimate of drug-likeness (QED) is 0.629. The van der Waals surface area contributed by atoms with E-state index in [-0.39, 0.29) is 5.41 Å². The second-order valence-electron chi connectivity index (χ2n) is 7.11. The van der Waals surface area contributed by atoms with E-state index in [1.165, 1.54) is 17.0 Å². The zero-order valence-electron chi connectivity index (χ0n) is 16.8. The molecule has 0 amide bonds. The fourth-order valence-corrected chi connectivity index (χ4v) is 4.05. The maximum absolute atomic E-state index is 6.29. The Hall–Kier alpha value is -2.26. The molecule has 1 N–H and O–H groups in total. The van der Waals surface area contributed by atoms with Crippen LogP contribution < -0.4 is 10.1 Å². The average Bonchev–Trinajstić information content (AvgIpc) is 2.88. The highest BCUT2D eigenvalue weighted by Crippen LogP contribution is 2.43. The molecule has 0 saturated carbocycles. The molecule has 4 heteroatoms. The Labute approximate surface area is 167 Å². The zero-order chi connectivity index (χ0) is 19.6. The van der Waals surface area contributed by atoms with Gasteiger partial charge in [0.2, 0.25) is 5.69 Å². The van der Waals surface area contributed by atoms with Crippen LogP contribution in [0, 0.1) is 0 Å². The van der Waals surface area contributed by atoms with Crippen LogP contribution in [0.15, 0.2) is 42.5 Å². The van der Waals surface area contributed by atoms with Gasteiger partial charge in [-0.25, -0.2) is 0 Å². The van der Waals surface area contributed by atoms with E-state index in [1.807, 2.05) is 12.1 Å². The van der Waals surface area contributed by atoms with Crippen LogP contribution >= 0.6 is 11.6 Å². The highest BCUT2D eigenvalue weighted by Gasteiger charge is 2.45. The van der Waals surface area contributed by atoms with Crippen molar-refractivity contribution in [3.8, 4) is 5.75 Å². The molecule has 0 bridgehead atoms. The van der Waals surface area contributed by atoms with Gasteiger partial charge in [0.1, 0.15) is 12.8 Å². The highest BCUT2D eigenvalue weighted by atomic mass is 35.5. The minimum absolute atomic E-state index is 0.0670. The lowest BCUT2D eigenvalue weighted by Gasteiger charge is -2.20. The summed E-state index contributed by atoms with van der Waals surface area (Å²) in [6, 6.07) is 12.4. The summed E-state index contributed by atoms with van der Waals surface area (Å²) in [5, 5.41) is 4.11. The number of ether oxygens (including phenoxy) is 1. The number of hydrogen-bond acceptors (Lipinski definition) is 2. The van der Waals surface area contributed by atoms with Crippen molar-refractivity contribution >= 4 is 34.8 Å². The Morgan fingerprint density at radius 3 is 2.59 bits per heavy atom. The first-order valence-electron chi connectivity index (χ1n) is 9.45. The van der Waals surface area contributed by atoms with Crippen LogP contribution in [0.2, 0.25) is 5.02 Å². The van der Waals surface area contributed by atoms with Crippen molar-refractivity contribution in [1.82, 2.24) is 0 Å². The summed E-state index contributed by atoms with van der Waals surface area (Å²) in [6.45, 7) is 7.49. The van der Waals surface area contributed by atoms with E-state index in [0.717, 1.165) is 35.0 Å². The third-order valence-electron chi connectivity index (χ3n) is 5.58. The summed E-state index contributed by atoms with van der Waals surface area (Å²) >= 11 is 6.29. The Morgan fingerprint density at radius 2 is 1.93 bits per heavy atom. The number of nitrogens with one attached hydrogen (secondary N) is 1. The lowest BCUT2D eigenvalue weighted by molar-refractivity contribution is -0.401. The third kappa shape index (κ3) is 3.49. The maximum atomic E-state index is 6.29. The van der Waals surface area contributed by atoms with Crippen LogP contribution in [0.3, 0.4) is 0 Å². The lowest BCUT2D eigenvalue weighted by atomic mass is 9.77. The van der Waals surface area contributed by atoms with Gasteiger partial charge in [-0.1, -0.05) is 18.5 Å². The molecule has 0 saturated heterocycles. The molecular formula is C23H28ClN2O+. The molecule has 2 aromatic carbocycles. The maximum Gasteiger partial charge on any atom is 0.209 e. The van der Waals surface area contributed by atoms with Crippen molar-refractivity contribution in [2.45, 2.75) is 32.6 Å². The van der Waals surface area contributed by atoms with E-state index in [4.69, 9.17) is 16.3 Å². The summed E-state index contributed by atoms with van der Waals surface area (Å²) in [5.74, 6) is 0.865. The molecule has 1 atom stereocenters. The van der Waals surface area contributed by atoms with E-state index < -0.39 is 0 Å². The molecule has 1 heterocycles. The first-order valence-corrected chi connectivity index (χ1v) is 9.83. The molecule has 0 aliphatic carbocycles. The summed E-state index contributed by atoms with van der Waals surface area (Å²) in [5.41, 5.74) is 5.83. The van der Waals surface area contributed by atoms with Gasteiger partial charge in [-0.3, -0.25) is 0 Å². The molecule has 0 spiro atoms. The summed E-state index contributed by atoms with van der Waals surface area (Å²) in [7, 11) is 3.84. The minimum Gasteiger partial charge on any atom is -0.496 e. The molecule has 0 aromatic heterocycles. The van der Waals surface area contributed by atoms with Crippen molar-refractivity contribution < 1.29 is 9.31 Å². The summed E-state index contributed by atoms with van der Waals surface area (Å²) < 4.78 is 7.87. The van der Waals surface area contributed by atoms with Crippen molar-refractivity contribution in [2.75, 3.05) is 26.0 Å². The fraction of sp³-hybridized carbons (Fsp3) is 0.348. The predicted octanol–water partition coefficient (Wildman–Crippen LogP) is 5.89. The number of rotatable bonds is 6. The third-order valence-corrected chi connectivity index (χ3v) is 5.82. The second kappa shape index (κ2) is 7.77. The van der Waals surface area contributed by atoms with Gasteiger partial charge in [0.25, 0.3) is 0 Å². The first-order chi connectivity index (χ1) is 12.9. The molecule has 1 aliphatic heterocycles. The van der Waals surface area contributed by atoms with Crippen LogP contribution in [0.1, 0.15) is 38.3 Å². The van der Waals surface area contributed by atoms with E-state index in [2.05, 4.69) is 74.1 Å². The number of fused-ring (bicyclic) bond motifs is 1. The van der Waals surface area contributed by atoms with Gasteiger partial charge < -0.3 is 10.1 Å². The molecule has 0 radical (unpaired) electrons. The topological polar surface area (TPSA) is 24.3 Å². The standard InChI is InChI=1S/C23H27ClN2O/c1-6-23(3)19-14-17(24)10-12-20(19)26(4)22(23)13-9-16-8-11-18(25-7-2)15-21(16)27-5/h8-15H,6-7H2,1-5H3/p+1. The van der Waals surface area contributed by atoms with Gasteiger partial charge in [-0.15, -0.1) is 0 Å². The first kappa shape index (κ1) is 19.5. The average molecular weight is 384 g/mol. The normalized spacial score (nSPS) is 18.9. The molecule has 142 valence electrons. The number of allylic oxidation sites excluding steroid dienone is 1. The SMILES string of the molecule is CCNc1ccc(/C=C/C2=[N+](C)c3ccc(Cl)cc3C2(C)CC)c(OC)c1. The molecule has 0 fully saturated rings. The smallest absolute Gasteiger partial charge is 0.209 e. The Kier molecular flexibility index (Phi) is 5.61. The number of anilines is 1. The van der Waals surface area contributed by atoms with Crippen LogP contribution in [0.25, 0.3) is 6.08 Å². The zero-order valence-corrected chi connectivity index (χ0v) is 17.5. The molecular weight excluding hydrogens is 356 g/mol. The number of hydrogen-bond donors (Lipinski definition) is 1. The van der Waals surface area contributed by atoms with Gasteiger partial charge in [0.05, 0.1) is 12.5 Å². The van der Waals surface area contributed by atoms with Crippen molar-refractivity contribution in [3.63, 3.8) is 0 Å². The second-order valence-corrected chi connectivity index (χ2v) is 7.55. The van der Waals surface area contributed by atoms with E-state index >= 15 is 0 Å². The summed E-state index contributed by atoms with van der Waals surface area (Å²) in [6.07, 6.45) is 5.35. The number of halogens is 1. The summed E-state index contributed by atoms with van der Waals surface area (Å²) in [4.78, 5) is 0. The monoisotopic (exact) mass is 383 g/mol. The minimum atomic E-state index is -0.0670. The Morgan fingerprint density at radius 1 is 1.15 bits per heavy atom. The molecule has 1 aliphatic rings. The van der Waals surface area contributed by atoms with Crippen LogP contribution in [-0.2, 0) is 5.41 Å². The molecule has 3 nitrogen and oxygen atoms in total. The van der Waals surface area contributed by atoms with E-state index in [0.29, 0.717) is 0 Å². The van der Waals surface area contributed by atoms with Gasteiger partial charge in [-0.2, -0.15) is 4.58 Å². The highest BCUT2D eigenvalue weighted by molar-refractivity contribution is 6.30. The molecule has 1 unspecified atom stereocenters. The fourth-order valence-electron chi connectivity index (χ4n) is 3.88. The largest absolute Gasteiger partial charge is 0.496 e. The van der Waals surface area contributed by atoms with Crippen LogP contribution in [-0.4, -0.2) is 31.0 Å². The van der Waals surface area contributed by atoms with Gasteiger partial charge in [0, 0.05) is 46.6 Å². The van der Waals surface area contributed by atoms with Crippen molar-refractivity contribution in [3.05, 3.63) is 58.6 Å². The lowest BCUT2D eigenvalue weighted by Crippen LogP contribution is -2.29. The molecule has 3 rings (SSSR count). The number of benzene rings is 2.